The molecular weight excluding hydrogens is 653 g/mol. The maximum absolute atomic E-state index is 2.39. The van der Waals surface area contributed by atoms with Gasteiger partial charge in [0, 0.05) is 33.5 Å². The third-order valence-electron chi connectivity index (χ3n) is 11.8. The predicted octanol–water partition coefficient (Wildman–Crippen LogP) is 14.7. The molecule has 0 N–H and O–H groups in total. The van der Waals surface area contributed by atoms with Gasteiger partial charge in [-0.25, -0.2) is 0 Å². The van der Waals surface area contributed by atoms with Gasteiger partial charge in [0.1, 0.15) is 0 Å². The van der Waals surface area contributed by atoms with Crippen LogP contribution in [0.3, 0.4) is 0 Å². The van der Waals surface area contributed by atoms with Gasteiger partial charge in [-0.2, -0.15) is 0 Å². The van der Waals surface area contributed by atoms with Crippen LogP contribution in [0.25, 0.3) is 49.7 Å². The molecule has 0 radical (unpaired) electrons. The van der Waals surface area contributed by atoms with Crippen molar-refractivity contribution in [1.29, 1.82) is 0 Å². The zero-order valence-electron chi connectivity index (χ0n) is 31.2. The van der Waals surface area contributed by atoms with Crippen molar-refractivity contribution in [3.05, 3.63) is 181 Å². The maximum Gasteiger partial charge on any atom is 0.0541 e. The zero-order valence-corrected chi connectivity index (χ0v) is 31.2. The molecule has 1 aromatic heterocycles. The summed E-state index contributed by atoms with van der Waals surface area (Å²) in [7, 11) is 0. The summed E-state index contributed by atoms with van der Waals surface area (Å²) in [5.74, 6) is 1.85. The normalized spacial score (nSPS) is 15.6. The Bertz CT molecular complexity index is 2420. The monoisotopic (exact) mass is 700 g/mol. The molecule has 1 aliphatic rings. The second kappa shape index (κ2) is 15.2. The van der Waals surface area contributed by atoms with Crippen molar-refractivity contribution in [2.75, 3.05) is 4.90 Å². The molecule has 2 nitrogen and oxygen atoms in total. The summed E-state index contributed by atoms with van der Waals surface area (Å²) in [5, 5.41) is 2.56. The molecule has 8 aromatic rings. The van der Waals surface area contributed by atoms with Crippen LogP contribution in [-0.2, 0) is 6.42 Å². The molecule has 2 atom stereocenters. The number of nitrogens with zero attached hydrogens (tertiary/aromatic N) is 2. The first-order chi connectivity index (χ1) is 26.7. The minimum Gasteiger partial charge on any atom is -0.311 e. The van der Waals surface area contributed by atoms with E-state index in [0.717, 1.165) is 29.6 Å². The molecule has 7 aromatic carbocycles. The minimum atomic E-state index is 0.891. The Labute approximate surface area is 320 Å². The molecule has 0 aliphatic heterocycles. The van der Waals surface area contributed by atoms with E-state index in [0.29, 0.717) is 0 Å². The topological polar surface area (TPSA) is 8.17 Å². The Kier molecular flexibility index (Phi) is 9.58. The third kappa shape index (κ3) is 6.85. The number of hydrogen-bond acceptors (Lipinski definition) is 1. The molecule has 0 saturated heterocycles. The molecule has 0 unspecified atom stereocenters. The fourth-order valence-corrected chi connectivity index (χ4v) is 9.00. The molecule has 0 spiro atoms. The van der Waals surface area contributed by atoms with Crippen LogP contribution in [-0.4, -0.2) is 4.57 Å². The van der Waals surface area contributed by atoms with Crippen LogP contribution in [0.4, 0.5) is 17.1 Å². The summed E-state index contributed by atoms with van der Waals surface area (Å²) in [4.78, 5) is 2.39. The second-order valence-electron chi connectivity index (χ2n) is 15.3. The first-order valence-electron chi connectivity index (χ1n) is 20.0. The van der Waals surface area contributed by atoms with E-state index in [-0.39, 0.29) is 0 Å². The molecule has 1 aliphatic carbocycles. The summed E-state index contributed by atoms with van der Waals surface area (Å²) in [5.41, 5.74) is 13.4. The lowest BCUT2D eigenvalue weighted by molar-refractivity contribution is 0.443. The number of aromatic nitrogens is 1. The Hall–Kier alpha value is -5.86. The van der Waals surface area contributed by atoms with Gasteiger partial charge in [0.25, 0.3) is 0 Å². The van der Waals surface area contributed by atoms with E-state index in [2.05, 4.69) is 192 Å². The van der Waals surface area contributed by atoms with Gasteiger partial charge < -0.3 is 9.47 Å². The number of rotatable bonds is 11. The Balaban J connectivity index is 1.02. The van der Waals surface area contributed by atoms with Crippen molar-refractivity contribution in [3.8, 4) is 27.9 Å². The van der Waals surface area contributed by atoms with Crippen molar-refractivity contribution in [1.82, 2.24) is 4.57 Å². The molecule has 266 valence electrons. The van der Waals surface area contributed by atoms with E-state index >= 15 is 0 Å². The van der Waals surface area contributed by atoms with Gasteiger partial charge in [0.2, 0.25) is 0 Å². The van der Waals surface area contributed by atoms with Crippen LogP contribution in [0.15, 0.2) is 176 Å². The number of benzene rings is 7. The third-order valence-corrected chi connectivity index (χ3v) is 11.8. The van der Waals surface area contributed by atoms with E-state index in [9.17, 15) is 0 Å². The van der Waals surface area contributed by atoms with Gasteiger partial charge in [0.15, 0.2) is 0 Å². The lowest BCUT2D eigenvalue weighted by Crippen LogP contribution is -2.10. The first kappa shape index (κ1) is 33.9. The summed E-state index contributed by atoms with van der Waals surface area (Å²) < 4.78 is 2.39. The van der Waals surface area contributed by atoms with Crippen LogP contribution < -0.4 is 4.90 Å². The molecule has 0 amide bonds. The van der Waals surface area contributed by atoms with E-state index in [1.165, 1.54) is 99.5 Å². The highest BCUT2D eigenvalue weighted by Crippen LogP contribution is 2.39. The summed E-state index contributed by atoms with van der Waals surface area (Å²) in [6.45, 7) is 2.33. The second-order valence-corrected chi connectivity index (χ2v) is 15.3. The fourth-order valence-electron chi connectivity index (χ4n) is 9.00. The Morgan fingerprint density at radius 3 is 1.59 bits per heavy atom. The van der Waals surface area contributed by atoms with Gasteiger partial charge in [0.05, 0.1) is 11.0 Å². The smallest absolute Gasteiger partial charge is 0.0541 e. The van der Waals surface area contributed by atoms with Crippen molar-refractivity contribution in [2.45, 2.75) is 51.9 Å². The average Bonchev–Trinajstić information content (AvgIpc) is 3.84. The molecule has 1 saturated carbocycles. The van der Waals surface area contributed by atoms with Gasteiger partial charge in [-0.15, -0.1) is 0 Å². The van der Waals surface area contributed by atoms with Gasteiger partial charge in [-0.3, -0.25) is 0 Å². The first-order valence-corrected chi connectivity index (χ1v) is 20.0. The van der Waals surface area contributed by atoms with Crippen molar-refractivity contribution >= 4 is 38.9 Å². The summed E-state index contributed by atoms with van der Waals surface area (Å²) in [6, 6.07) is 64.4. The SMILES string of the molecule is CCC[C@@H]1CC[C@@H](CCc2ccc(N(c3ccc(-c4ccccc4)cc3)c3ccc(-c4cccc(-n5c6ccccc6c6ccccc65)c4)cc3)cc2)C1. The molecular formula is C52H48N2. The standard InChI is InChI=1S/C52H48N2/c1-2-11-39-22-23-40(36-39)21-20-38-24-30-45(31-25-38)53(46-32-26-42(27-33-46)41-12-4-3-5-13-41)47-34-28-43(29-35-47)44-14-10-15-48(37-44)54-51-18-8-6-16-49(51)50-17-7-9-19-52(50)54/h3-10,12-19,24-35,37,39-40H,2,11,20-23,36H2,1H3/t39-,40-/m1/s1. The number of anilines is 3. The van der Waals surface area contributed by atoms with E-state index in [1.54, 1.807) is 0 Å². The van der Waals surface area contributed by atoms with Crippen molar-refractivity contribution in [2.24, 2.45) is 11.8 Å². The fraction of sp³-hybridized carbons (Fsp3) is 0.192. The number of aryl methyl sites for hydroxylation is 1. The van der Waals surface area contributed by atoms with Gasteiger partial charge in [-0.05, 0) is 120 Å². The summed E-state index contributed by atoms with van der Waals surface area (Å²) >= 11 is 0. The lowest BCUT2D eigenvalue weighted by atomic mass is 9.95. The molecule has 1 fully saturated rings. The highest BCUT2D eigenvalue weighted by Gasteiger charge is 2.23. The quantitative estimate of drug-likeness (QED) is 0.130. The highest BCUT2D eigenvalue weighted by molar-refractivity contribution is 6.09. The van der Waals surface area contributed by atoms with E-state index < -0.39 is 0 Å². The number of para-hydroxylation sites is 2. The highest BCUT2D eigenvalue weighted by atomic mass is 15.1. The van der Waals surface area contributed by atoms with Crippen LogP contribution in [0.5, 0.6) is 0 Å². The lowest BCUT2D eigenvalue weighted by Gasteiger charge is -2.26. The van der Waals surface area contributed by atoms with Gasteiger partial charge >= 0.3 is 0 Å². The Morgan fingerprint density at radius 2 is 0.981 bits per heavy atom. The molecule has 9 rings (SSSR count). The number of hydrogen-bond donors (Lipinski definition) is 0. The largest absolute Gasteiger partial charge is 0.311 e. The van der Waals surface area contributed by atoms with Crippen molar-refractivity contribution < 1.29 is 0 Å². The molecule has 0 bridgehead atoms. The maximum atomic E-state index is 2.39. The Morgan fingerprint density at radius 1 is 0.481 bits per heavy atom. The minimum absolute atomic E-state index is 0.891. The predicted molar refractivity (Wildman–Crippen MR) is 230 cm³/mol. The molecule has 54 heavy (non-hydrogen) atoms. The van der Waals surface area contributed by atoms with Crippen LogP contribution >= 0.6 is 0 Å². The number of fused-ring (bicyclic) bond motifs is 3. The van der Waals surface area contributed by atoms with E-state index in [4.69, 9.17) is 0 Å². The van der Waals surface area contributed by atoms with Gasteiger partial charge in [-0.1, -0.05) is 148 Å². The molecule has 1 heterocycles. The summed E-state index contributed by atoms with van der Waals surface area (Å²) in [6.07, 6.45) is 9.48. The van der Waals surface area contributed by atoms with E-state index in [1.807, 2.05) is 0 Å². The molecule has 2 heteroatoms. The average molecular weight is 701 g/mol. The van der Waals surface area contributed by atoms with Crippen LogP contribution in [0.2, 0.25) is 0 Å². The van der Waals surface area contributed by atoms with Crippen LogP contribution in [0.1, 0.15) is 51.0 Å². The van der Waals surface area contributed by atoms with Crippen molar-refractivity contribution in [3.63, 3.8) is 0 Å². The van der Waals surface area contributed by atoms with Crippen LogP contribution in [0, 0.1) is 11.8 Å². The zero-order chi connectivity index (χ0) is 36.3.